The third-order valence-electron chi connectivity index (χ3n) is 2.95. The summed E-state index contributed by atoms with van der Waals surface area (Å²) >= 11 is 0. The summed E-state index contributed by atoms with van der Waals surface area (Å²) in [6.45, 7) is 3.65. The molecule has 0 aromatic heterocycles. The number of hydrogen-bond donors (Lipinski definition) is 2. The van der Waals surface area contributed by atoms with Crippen molar-refractivity contribution in [2.24, 2.45) is 5.73 Å². The predicted molar refractivity (Wildman–Crippen MR) is 64.3 cm³/mol. The van der Waals surface area contributed by atoms with Gasteiger partial charge in [0.1, 0.15) is 5.54 Å². The van der Waals surface area contributed by atoms with E-state index in [1.807, 2.05) is 18.2 Å². The molecule has 1 aromatic carbocycles. The minimum Gasteiger partial charge on any atom is -0.480 e. The maximum absolute atomic E-state index is 10.8. The van der Waals surface area contributed by atoms with Gasteiger partial charge in [-0.05, 0) is 31.2 Å². The van der Waals surface area contributed by atoms with E-state index in [1.165, 1.54) is 5.56 Å². The summed E-state index contributed by atoms with van der Waals surface area (Å²) in [6, 6.07) is 10.1. The monoisotopic (exact) mass is 221 g/mol. The van der Waals surface area contributed by atoms with Crippen LogP contribution in [0, 0.1) is 0 Å². The quantitative estimate of drug-likeness (QED) is 0.802. The Morgan fingerprint density at radius 2 is 2.00 bits per heavy atom. The average molecular weight is 221 g/mol. The summed E-state index contributed by atoms with van der Waals surface area (Å²) < 4.78 is 0. The number of rotatable bonds is 5. The zero-order valence-electron chi connectivity index (χ0n) is 9.81. The van der Waals surface area contributed by atoms with Crippen molar-refractivity contribution in [3.05, 3.63) is 35.9 Å². The van der Waals surface area contributed by atoms with E-state index in [2.05, 4.69) is 19.1 Å². The minimum absolute atomic E-state index is 0.337. The zero-order valence-corrected chi connectivity index (χ0v) is 9.81. The Morgan fingerprint density at radius 1 is 1.44 bits per heavy atom. The standard InChI is InChI=1S/C13H19NO2/c1-10(11-6-4-3-5-7-11)8-9-13(2,14)12(15)16/h3-7,10H,8-9,14H2,1-2H3,(H,15,16). The molecule has 2 unspecified atom stereocenters. The summed E-state index contributed by atoms with van der Waals surface area (Å²) in [5.74, 6) is -0.601. The van der Waals surface area contributed by atoms with E-state index in [9.17, 15) is 4.79 Å². The second kappa shape index (κ2) is 5.12. The summed E-state index contributed by atoms with van der Waals surface area (Å²) in [5, 5.41) is 8.90. The lowest BCUT2D eigenvalue weighted by molar-refractivity contribution is -0.142. The van der Waals surface area contributed by atoms with E-state index in [1.54, 1.807) is 6.92 Å². The van der Waals surface area contributed by atoms with Crippen molar-refractivity contribution >= 4 is 5.97 Å². The highest BCUT2D eigenvalue weighted by atomic mass is 16.4. The summed E-state index contributed by atoms with van der Waals surface area (Å²) in [4.78, 5) is 10.8. The third-order valence-corrected chi connectivity index (χ3v) is 2.95. The van der Waals surface area contributed by atoms with Crippen LogP contribution in [0.25, 0.3) is 0 Å². The first-order valence-electron chi connectivity index (χ1n) is 5.50. The van der Waals surface area contributed by atoms with Crippen LogP contribution in [0.2, 0.25) is 0 Å². The van der Waals surface area contributed by atoms with Crippen LogP contribution in [-0.2, 0) is 4.79 Å². The van der Waals surface area contributed by atoms with E-state index in [0.717, 1.165) is 6.42 Å². The molecule has 0 saturated carbocycles. The van der Waals surface area contributed by atoms with E-state index in [0.29, 0.717) is 12.3 Å². The Labute approximate surface area is 96.3 Å². The van der Waals surface area contributed by atoms with Crippen LogP contribution in [0.4, 0.5) is 0 Å². The Hall–Kier alpha value is -1.35. The van der Waals surface area contributed by atoms with Gasteiger partial charge < -0.3 is 10.8 Å². The van der Waals surface area contributed by atoms with Gasteiger partial charge in [0.05, 0.1) is 0 Å². The van der Waals surface area contributed by atoms with E-state index < -0.39 is 11.5 Å². The smallest absolute Gasteiger partial charge is 0.323 e. The van der Waals surface area contributed by atoms with Crippen molar-refractivity contribution in [3.8, 4) is 0 Å². The SMILES string of the molecule is CC(CCC(C)(N)C(=O)O)c1ccccc1. The van der Waals surface area contributed by atoms with Crippen LogP contribution in [0.15, 0.2) is 30.3 Å². The van der Waals surface area contributed by atoms with Crippen LogP contribution < -0.4 is 5.73 Å². The number of carboxylic acid groups (broad SMARTS) is 1. The topological polar surface area (TPSA) is 63.3 Å². The number of carboxylic acids is 1. The molecule has 3 heteroatoms. The first-order valence-corrected chi connectivity index (χ1v) is 5.50. The van der Waals surface area contributed by atoms with Crippen molar-refractivity contribution in [1.29, 1.82) is 0 Å². The van der Waals surface area contributed by atoms with Gasteiger partial charge in [0.25, 0.3) is 0 Å². The number of hydrogen-bond acceptors (Lipinski definition) is 2. The predicted octanol–water partition coefficient (Wildman–Crippen LogP) is 2.37. The number of carbonyl (C=O) groups is 1. The van der Waals surface area contributed by atoms with Crippen LogP contribution in [0.5, 0.6) is 0 Å². The van der Waals surface area contributed by atoms with Gasteiger partial charge >= 0.3 is 5.97 Å². The van der Waals surface area contributed by atoms with E-state index in [4.69, 9.17) is 10.8 Å². The van der Waals surface area contributed by atoms with Gasteiger partial charge in [0.2, 0.25) is 0 Å². The largest absolute Gasteiger partial charge is 0.480 e. The van der Waals surface area contributed by atoms with Gasteiger partial charge in [-0.25, -0.2) is 0 Å². The van der Waals surface area contributed by atoms with Gasteiger partial charge in [-0.15, -0.1) is 0 Å². The molecule has 0 spiro atoms. The van der Waals surface area contributed by atoms with Crippen molar-refractivity contribution in [1.82, 2.24) is 0 Å². The molecule has 0 radical (unpaired) electrons. The Balaban J connectivity index is 2.54. The highest BCUT2D eigenvalue weighted by Gasteiger charge is 2.27. The van der Waals surface area contributed by atoms with Crippen molar-refractivity contribution in [3.63, 3.8) is 0 Å². The fourth-order valence-corrected chi connectivity index (χ4v) is 1.57. The normalized spacial score (nSPS) is 16.4. The molecule has 16 heavy (non-hydrogen) atoms. The Morgan fingerprint density at radius 3 is 2.50 bits per heavy atom. The molecule has 0 aliphatic heterocycles. The zero-order chi connectivity index (χ0) is 12.2. The Kier molecular flexibility index (Phi) is 4.07. The average Bonchev–Trinajstić information content (AvgIpc) is 2.27. The molecule has 2 atom stereocenters. The molecule has 0 fully saturated rings. The van der Waals surface area contributed by atoms with Crippen LogP contribution >= 0.6 is 0 Å². The first-order chi connectivity index (χ1) is 7.43. The summed E-state index contributed by atoms with van der Waals surface area (Å²) in [6.07, 6.45) is 1.27. The fraction of sp³-hybridized carbons (Fsp3) is 0.462. The lowest BCUT2D eigenvalue weighted by Crippen LogP contribution is -2.44. The number of benzene rings is 1. The van der Waals surface area contributed by atoms with Gasteiger partial charge in [0, 0.05) is 0 Å². The molecule has 3 N–H and O–H groups in total. The second-order valence-electron chi connectivity index (χ2n) is 4.57. The maximum Gasteiger partial charge on any atom is 0.323 e. The molecule has 88 valence electrons. The minimum atomic E-state index is -1.12. The molecule has 0 heterocycles. The van der Waals surface area contributed by atoms with Gasteiger partial charge in [-0.1, -0.05) is 37.3 Å². The lowest BCUT2D eigenvalue weighted by Gasteiger charge is -2.21. The van der Waals surface area contributed by atoms with Gasteiger partial charge in [0.15, 0.2) is 0 Å². The molecule has 0 saturated heterocycles. The van der Waals surface area contributed by atoms with Crippen LogP contribution in [0.3, 0.4) is 0 Å². The van der Waals surface area contributed by atoms with Crippen LogP contribution in [0.1, 0.15) is 38.2 Å². The third kappa shape index (κ3) is 3.35. The molecular weight excluding hydrogens is 202 g/mol. The molecule has 3 nitrogen and oxygen atoms in total. The van der Waals surface area contributed by atoms with Crippen LogP contribution in [-0.4, -0.2) is 16.6 Å². The molecule has 0 amide bonds. The van der Waals surface area contributed by atoms with Gasteiger partial charge in [-0.3, -0.25) is 4.79 Å². The number of aliphatic carboxylic acids is 1. The molecule has 1 aromatic rings. The maximum atomic E-state index is 10.8. The number of nitrogens with two attached hydrogens (primary N) is 1. The molecule has 0 aliphatic carbocycles. The molecule has 0 aliphatic rings. The van der Waals surface area contributed by atoms with E-state index in [-0.39, 0.29) is 0 Å². The molecule has 1 rings (SSSR count). The molecule has 0 bridgehead atoms. The van der Waals surface area contributed by atoms with Crippen molar-refractivity contribution in [2.45, 2.75) is 38.1 Å². The Bertz CT molecular complexity index is 346. The van der Waals surface area contributed by atoms with Crippen molar-refractivity contribution in [2.75, 3.05) is 0 Å². The summed E-state index contributed by atoms with van der Waals surface area (Å²) in [5.41, 5.74) is 5.79. The van der Waals surface area contributed by atoms with E-state index >= 15 is 0 Å². The second-order valence-corrected chi connectivity index (χ2v) is 4.57. The lowest BCUT2D eigenvalue weighted by atomic mass is 9.89. The first kappa shape index (κ1) is 12.7. The van der Waals surface area contributed by atoms with Crippen molar-refractivity contribution < 1.29 is 9.90 Å². The highest BCUT2D eigenvalue weighted by Crippen LogP contribution is 2.23. The fourth-order valence-electron chi connectivity index (χ4n) is 1.57. The molecular formula is C13H19NO2. The summed E-state index contributed by atoms with van der Waals surface area (Å²) in [7, 11) is 0. The van der Waals surface area contributed by atoms with Gasteiger partial charge in [-0.2, -0.15) is 0 Å². The highest BCUT2D eigenvalue weighted by molar-refractivity contribution is 5.77.